The molecule has 1 aliphatic carbocycles. The molecule has 0 bridgehead atoms. The van der Waals surface area contributed by atoms with Crippen LogP contribution in [-0.2, 0) is 11.8 Å². The molecule has 1 saturated carbocycles. The highest BCUT2D eigenvalue weighted by atomic mass is 127. The topological polar surface area (TPSA) is 69.0 Å². The van der Waals surface area contributed by atoms with Crippen molar-refractivity contribution >= 4 is 41.5 Å². The second-order valence-corrected chi connectivity index (χ2v) is 7.01. The Morgan fingerprint density at radius 2 is 2.19 bits per heavy atom. The number of carbonyl (C=O) groups excluding carboxylic acids is 1. The number of hydrogen-bond acceptors (Lipinski definition) is 4. The Morgan fingerprint density at radius 3 is 2.73 bits per heavy atom. The van der Waals surface area contributed by atoms with Gasteiger partial charge in [-0.05, 0) is 26.8 Å². The van der Waals surface area contributed by atoms with Crippen molar-refractivity contribution in [3.8, 4) is 0 Å². The van der Waals surface area contributed by atoms with Gasteiger partial charge in [0.25, 0.3) is 0 Å². The molecule has 1 saturated heterocycles. The van der Waals surface area contributed by atoms with Gasteiger partial charge in [-0.2, -0.15) is 5.10 Å². The number of nitrogens with zero attached hydrogens (tertiary/aromatic N) is 6. The number of aryl methyl sites for hydroxylation is 1. The van der Waals surface area contributed by atoms with Crippen LogP contribution in [-0.4, -0.2) is 83.8 Å². The molecule has 0 aromatic carbocycles. The van der Waals surface area contributed by atoms with Crippen molar-refractivity contribution in [1.29, 1.82) is 0 Å². The van der Waals surface area contributed by atoms with Crippen molar-refractivity contribution in [2.24, 2.45) is 12.0 Å². The summed E-state index contributed by atoms with van der Waals surface area (Å²) < 4.78 is 1.72. The third kappa shape index (κ3) is 4.87. The average molecular weight is 475 g/mol. The molecule has 1 atom stereocenters. The van der Waals surface area contributed by atoms with Gasteiger partial charge in [-0.25, -0.2) is 0 Å². The molecule has 2 heterocycles. The molecule has 0 radical (unpaired) electrons. The zero-order chi connectivity index (χ0) is 18.0. The van der Waals surface area contributed by atoms with Crippen LogP contribution in [0.1, 0.15) is 19.8 Å². The summed E-state index contributed by atoms with van der Waals surface area (Å²) in [4.78, 5) is 23.1. The molecule has 8 nitrogen and oxygen atoms in total. The second kappa shape index (κ2) is 9.03. The molecule has 0 spiro atoms. The summed E-state index contributed by atoms with van der Waals surface area (Å²) >= 11 is 0. The van der Waals surface area contributed by atoms with E-state index >= 15 is 0 Å². The van der Waals surface area contributed by atoms with Gasteiger partial charge in [0.15, 0.2) is 5.96 Å². The molecule has 1 unspecified atom stereocenters. The number of likely N-dealkylation sites (N-methyl/N-ethyl adjacent to an activating group) is 1. The lowest BCUT2D eigenvalue weighted by Gasteiger charge is -2.36. The van der Waals surface area contributed by atoms with Crippen molar-refractivity contribution in [1.82, 2.24) is 24.9 Å². The summed E-state index contributed by atoms with van der Waals surface area (Å²) in [5.41, 5.74) is 0.856. The van der Waals surface area contributed by atoms with Gasteiger partial charge in [-0.3, -0.25) is 19.4 Å². The van der Waals surface area contributed by atoms with E-state index in [1.165, 1.54) is 12.8 Å². The standard InChI is InChI=1S/C17H29N7O.HI/c1-13(22(4)14-5-6-14)9-19-17(18-2)23-7-8-24(16(25)12-23)15-10-20-21(3)11-15;/h10-11,13-14H,5-9,12H2,1-4H3,(H,18,19);1H. The van der Waals surface area contributed by atoms with Gasteiger partial charge in [0.2, 0.25) is 5.91 Å². The van der Waals surface area contributed by atoms with Crippen LogP contribution in [0.2, 0.25) is 0 Å². The Kier molecular flexibility index (Phi) is 7.27. The van der Waals surface area contributed by atoms with Crippen LogP contribution >= 0.6 is 24.0 Å². The first kappa shape index (κ1) is 20.9. The van der Waals surface area contributed by atoms with E-state index in [-0.39, 0.29) is 29.9 Å². The molecule has 2 fully saturated rings. The summed E-state index contributed by atoms with van der Waals surface area (Å²) in [6.07, 6.45) is 6.22. The van der Waals surface area contributed by atoms with E-state index in [0.29, 0.717) is 19.1 Å². The monoisotopic (exact) mass is 475 g/mol. The number of aromatic nitrogens is 2. The number of aliphatic imine (C=N–C) groups is 1. The highest BCUT2D eigenvalue weighted by Gasteiger charge is 2.30. The van der Waals surface area contributed by atoms with E-state index in [2.05, 4.69) is 34.3 Å². The molecule has 9 heteroatoms. The molecular formula is C17H30IN7O. The Labute approximate surface area is 172 Å². The quantitative estimate of drug-likeness (QED) is 0.387. The maximum Gasteiger partial charge on any atom is 0.246 e. The minimum atomic E-state index is 0. The molecule has 3 rings (SSSR count). The van der Waals surface area contributed by atoms with Crippen molar-refractivity contribution in [2.45, 2.75) is 31.8 Å². The van der Waals surface area contributed by atoms with Crippen LogP contribution in [0.15, 0.2) is 17.4 Å². The largest absolute Gasteiger partial charge is 0.355 e. The molecule has 1 aromatic rings. The highest BCUT2D eigenvalue weighted by Crippen LogP contribution is 2.26. The Bertz CT molecular complexity index is 643. The Balaban J connectivity index is 0.00000243. The van der Waals surface area contributed by atoms with Crippen LogP contribution in [0.5, 0.6) is 0 Å². The van der Waals surface area contributed by atoms with Gasteiger partial charge in [0.05, 0.1) is 11.9 Å². The smallest absolute Gasteiger partial charge is 0.246 e. The molecular weight excluding hydrogens is 445 g/mol. The summed E-state index contributed by atoms with van der Waals surface area (Å²) in [7, 11) is 5.81. The zero-order valence-electron chi connectivity index (χ0n) is 16.1. The number of piperazine rings is 1. The van der Waals surface area contributed by atoms with E-state index in [0.717, 1.165) is 30.8 Å². The predicted octanol–water partition coefficient (Wildman–Crippen LogP) is 0.745. The van der Waals surface area contributed by atoms with E-state index < -0.39 is 0 Å². The summed E-state index contributed by atoms with van der Waals surface area (Å²) in [6.45, 7) is 4.79. The number of rotatable bonds is 5. The van der Waals surface area contributed by atoms with Crippen LogP contribution in [0.3, 0.4) is 0 Å². The van der Waals surface area contributed by atoms with Gasteiger partial charge in [-0.1, -0.05) is 0 Å². The Hall–Kier alpha value is -1.36. The lowest BCUT2D eigenvalue weighted by molar-refractivity contribution is -0.120. The summed E-state index contributed by atoms with van der Waals surface area (Å²) in [5, 5.41) is 7.58. The fourth-order valence-electron chi connectivity index (χ4n) is 3.23. The number of nitrogens with one attached hydrogen (secondary N) is 1. The Morgan fingerprint density at radius 1 is 1.46 bits per heavy atom. The van der Waals surface area contributed by atoms with Crippen molar-refractivity contribution in [2.75, 3.05) is 45.2 Å². The SMILES string of the molecule is CN=C(NCC(C)N(C)C1CC1)N1CCN(c2cnn(C)c2)C(=O)C1.I. The first-order valence-electron chi connectivity index (χ1n) is 8.96. The number of hydrogen-bond donors (Lipinski definition) is 1. The number of guanidine groups is 1. The van der Waals surface area contributed by atoms with Gasteiger partial charge < -0.3 is 15.1 Å². The van der Waals surface area contributed by atoms with Crippen molar-refractivity contribution < 1.29 is 4.79 Å². The molecule has 1 amide bonds. The molecule has 1 aliphatic heterocycles. The number of carbonyl (C=O) groups is 1. The average Bonchev–Trinajstić information content (AvgIpc) is 3.36. The zero-order valence-corrected chi connectivity index (χ0v) is 18.4. The molecule has 146 valence electrons. The van der Waals surface area contributed by atoms with E-state index in [4.69, 9.17) is 0 Å². The first-order chi connectivity index (χ1) is 12.0. The van der Waals surface area contributed by atoms with Crippen molar-refractivity contribution in [3.63, 3.8) is 0 Å². The van der Waals surface area contributed by atoms with Gasteiger partial charge in [0, 0.05) is 52.0 Å². The maximum atomic E-state index is 12.5. The van der Waals surface area contributed by atoms with Gasteiger partial charge in [0.1, 0.15) is 6.54 Å². The lowest BCUT2D eigenvalue weighted by atomic mass is 10.2. The van der Waals surface area contributed by atoms with Gasteiger partial charge >= 0.3 is 0 Å². The van der Waals surface area contributed by atoms with E-state index in [1.807, 2.05) is 18.1 Å². The molecule has 26 heavy (non-hydrogen) atoms. The van der Waals surface area contributed by atoms with Crippen LogP contribution in [0.25, 0.3) is 0 Å². The molecule has 1 aromatic heterocycles. The summed E-state index contributed by atoms with van der Waals surface area (Å²) in [5.74, 6) is 0.876. The minimum Gasteiger partial charge on any atom is -0.355 e. The third-order valence-electron chi connectivity index (χ3n) is 5.11. The number of halogens is 1. The van der Waals surface area contributed by atoms with Gasteiger partial charge in [-0.15, -0.1) is 24.0 Å². The lowest BCUT2D eigenvalue weighted by Crippen LogP contribution is -2.56. The van der Waals surface area contributed by atoms with Crippen LogP contribution in [0, 0.1) is 0 Å². The highest BCUT2D eigenvalue weighted by molar-refractivity contribution is 14.0. The first-order valence-corrected chi connectivity index (χ1v) is 8.96. The number of amides is 1. The van der Waals surface area contributed by atoms with E-state index in [1.54, 1.807) is 22.8 Å². The number of anilines is 1. The summed E-state index contributed by atoms with van der Waals surface area (Å²) in [6, 6.07) is 1.18. The minimum absolute atomic E-state index is 0. The normalized spacial score (nSPS) is 19.6. The van der Waals surface area contributed by atoms with Crippen LogP contribution in [0.4, 0.5) is 5.69 Å². The van der Waals surface area contributed by atoms with E-state index in [9.17, 15) is 4.79 Å². The fraction of sp³-hybridized carbons (Fsp3) is 0.706. The second-order valence-electron chi connectivity index (χ2n) is 7.01. The molecule has 1 N–H and O–H groups in total. The van der Waals surface area contributed by atoms with Crippen LogP contribution < -0.4 is 10.2 Å². The third-order valence-corrected chi connectivity index (χ3v) is 5.11. The van der Waals surface area contributed by atoms with Crippen molar-refractivity contribution in [3.05, 3.63) is 12.4 Å². The fourth-order valence-corrected chi connectivity index (χ4v) is 3.23. The maximum absolute atomic E-state index is 12.5. The predicted molar refractivity (Wildman–Crippen MR) is 114 cm³/mol. The molecule has 2 aliphatic rings.